The molecule has 0 saturated carbocycles. The number of carbonyl (C=O) groups is 1. The van der Waals surface area contributed by atoms with Gasteiger partial charge in [-0.25, -0.2) is 15.0 Å². The summed E-state index contributed by atoms with van der Waals surface area (Å²) in [7, 11) is 2.10. The van der Waals surface area contributed by atoms with Gasteiger partial charge in [0.05, 0.1) is 11.9 Å². The van der Waals surface area contributed by atoms with Crippen LogP contribution in [-0.4, -0.2) is 84.6 Å². The van der Waals surface area contributed by atoms with Gasteiger partial charge in [-0.15, -0.1) is 0 Å². The van der Waals surface area contributed by atoms with Crippen molar-refractivity contribution in [3.63, 3.8) is 0 Å². The predicted molar refractivity (Wildman–Crippen MR) is 162 cm³/mol. The first-order valence-electron chi connectivity index (χ1n) is 13.5. The number of guanidine groups is 1. The molecule has 2 aliphatic rings. The molecule has 0 radical (unpaired) electrons. The molecule has 2 saturated heterocycles. The third-order valence-electron chi connectivity index (χ3n) is 7.18. The number of aromatic nitrogens is 1. The average Bonchev–Trinajstić information content (AvgIpc) is 2.90. The molecule has 1 aromatic heterocycles. The Labute approximate surface area is 246 Å². The van der Waals surface area contributed by atoms with Gasteiger partial charge in [-0.3, -0.25) is 9.69 Å². The molecule has 11 heteroatoms. The number of hydrogen-bond donors (Lipinski definition) is 1. The summed E-state index contributed by atoms with van der Waals surface area (Å²) in [6, 6.07) is 9.35. The van der Waals surface area contributed by atoms with Crippen molar-refractivity contribution in [2.75, 3.05) is 46.3 Å². The molecule has 1 amide bonds. The molecule has 1 aromatic carbocycles. The van der Waals surface area contributed by atoms with Gasteiger partial charge in [0, 0.05) is 60.8 Å². The van der Waals surface area contributed by atoms with Crippen LogP contribution in [0.5, 0.6) is 5.88 Å². The van der Waals surface area contributed by atoms with Crippen LogP contribution >= 0.6 is 23.2 Å². The minimum absolute atomic E-state index is 0.230. The number of amides is 1. The van der Waals surface area contributed by atoms with Crippen LogP contribution in [0.4, 0.5) is 0 Å². The first-order chi connectivity index (χ1) is 19.2. The number of ether oxygens (including phenoxy) is 1. The maximum absolute atomic E-state index is 11.3. The smallest absolute Gasteiger partial charge is 0.224 e. The van der Waals surface area contributed by atoms with Crippen molar-refractivity contribution in [2.45, 2.75) is 32.7 Å². The maximum atomic E-state index is 11.3. The highest BCUT2D eigenvalue weighted by atomic mass is 35.5. The van der Waals surface area contributed by atoms with E-state index >= 15 is 0 Å². The van der Waals surface area contributed by atoms with Crippen LogP contribution in [0.2, 0.25) is 10.0 Å². The zero-order valence-corrected chi connectivity index (χ0v) is 24.7. The molecule has 0 atom stereocenters. The minimum atomic E-state index is -0.230. The standard InChI is InChI=1S/C29H37Cl2N7O2/c1-20(18-34-29(33-2)38-10-8-36(3)9-11-38)40-28-14-22(19-37-6-4-21(5-7-37)13-27(32)39)12-26(35-28)23-15-24(30)17-25(31)16-23/h12,14-18,21H,2,4-11,13,19H2,1,3H3,(H2,32,39)/b20-18+,34-29?. The summed E-state index contributed by atoms with van der Waals surface area (Å²) in [5, 5.41) is 1.07. The van der Waals surface area contributed by atoms with Crippen LogP contribution in [0.1, 0.15) is 31.7 Å². The third kappa shape index (κ3) is 8.76. The molecule has 40 heavy (non-hydrogen) atoms. The van der Waals surface area contributed by atoms with Crippen LogP contribution in [0.15, 0.2) is 52.3 Å². The number of piperazine rings is 1. The first kappa shape index (κ1) is 30.0. The lowest BCUT2D eigenvalue weighted by Crippen LogP contribution is -2.46. The van der Waals surface area contributed by atoms with Crippen molar-refractivity contribution in [3.8, 4) is 17.1 Å². The van der Waals surface area contributed by atoms with Crippen LogP contribution in [0, 0.1) is 5.92 Å². The lowest BCUT2D eigenvalue weighted by Gasteiger charge is -2.32. The molecule has 0 aliphatic carbocycles. The molecule has 3 heterocycles. The monoisotopic (exact) mass is 585 g/mol. The Kier molecular flexibility index (Phi) is 10.6. The number of carbonyl (C=O) groups excluding carboxylic acids is 1. The summed E-state index contributed by atoms with van der Waals surface area (Å²) in [6.07, 6.45) is 3.99. The lowest BCUT2D eigenvalue weighted by atomic mass is 9.93. The quantitative estimate of drug-likeness (QED) is 0.274. The van der Waals surface area contributed by atoms with Crippen LogP contribution in [0.25, 0.3) is 11.3 Å². The van der Waals surface area contributed by atoms with E-state index in [1.54, 1.807) is 12.3 Å². The summed E-state index contributed by atoms with van der Waals surface area (Å²) in [6.45, 7) is 11.6. The highest BCUT2D eigenvalue weighted by molar-refractivity contribution is 6.35. The molecule has 0 spiro atoms. The predicted octanol–water partition coefficient (Wildman–Crippen LogP) is 4.69. The highest BCUT2D eigenvalue weighted by Crippen LogP contribution is 2.30. The SMILES string of the molecule is C=NC(=N/C=C(\C)Oc1cc(CN2CCC(CC(N)=O)CC2)cc(-c2cc(Cl)cc(Cl)c2)n1)N1CCN(C)CC1. The van der Waals surface area contributed by atoms with E-state index in [4.69, 9.17) is 38.7 Å². The number of rotatable bonds is 8. The van der Waals surface area contributed by atoms with Gasteiger partial charge in [0.1, 0.15) is 5.76 Å². The highest BCUT2D eigenvalue weighted by Gasteiger charge is 2.21. The number of piperidine rings is 1. The third-order valence-corrected chi connectivity index (χ3v) is 7.61. The van der Waals surface area contributed by atoms with Crippen LogP contribution in [0.3, 0.4) is 0 Å². The lowest BCUT2D eigenvalue weighted by molar-refractivity contribution is -0.119. The Morgan fingerprint density at radius 1 is 1.10 bits per heavy atom. The summed E-state index contributed by atoms with van der Waals surface area (Å²) in [5.74, 6) is 1.72. The number of primary amides is 1. The molecule has 2 aliphatic heterocycles. The fourth-order valence-corrected chi connectivity index (χ4v) is 5.54. The number of nitrogens with two attached hydrogens (primary N) is 1. The van der Waals surface area contributed by atoms with E-state index in [0.717, 1.165) is 69.8 Å². The van der Waals surface area contributed by atoms with E-state index < -0.39 is 0 Å². The summed E-state index contributed by atoms with van der Waals surface area (Å²) < 4.78 is 6.15. The van der Waals surface area contributed by atoms with Crippen molar-refractivity contribution in [2.24, 2.45) is 21.6 Å². The largest absolute Gasteiger partial charge is 0.442 e. The number of nitrogens with zero attached hydrogens (tertiary/aromatic N) is 6. The zero-order valence-electron chi connectivity index (χ0n) is 23.2. The number of benzene rings is 1. The van der Waals surface area contributed by atoms with Gasteiger partial charge < -0.3 is 20.3 Å². The van der Waals surface area contributed by atoms with Gasteiger partial charge in [0.25, 0.3) is 0 Å². The Hall–Kier alpha value is -2.98. The van der Waals surface area contributed by atoms with Crippen LogP contribution in [-0.2, 0) is 11.3 Å². The molecule has 2 fully saturated rings. The number of hydrogen-bond acceptors (Lipinski definition) is 6. The van der Waals surface area contributed by atoms with E-state index in [9.17, 15) is 4.79 Å². The summed E-state index contributed by atoms with van der Waals surface area (Å²) >= 11 is 12.6. The zero-order chi connectivity index (χ0) is 28.6. The van der Waals surface area contributed by atoms with Crippen molar-refractivity contribution in [1.29, 1.82) is 0 Å². The Balaban J connectivity index is 1.54. The molecule has 0 unspecified atom stereocenters. The number of aliphatic imine (C=N–C) groups is 2. The molecule has 2 aromatic rings. The average molecular weight is 587 g/mol. The normalized spacial score (nSPS) is 18.1. The molecular weight excluding hydrogens is 549 g/mol. The van der Waals surface area contributed by atoms with Crippen molar-refractivity contribution >= 4 is 41.8 Å². The Bertz CT molecular complexity index is 1250. The van der Waals surface area contributed by atoms with Crippen molar-refractivity contribution in [1.82, 2.24) is 19.7 Å². The molecular formula is C29H37Cl2N7O2. The van der Waals surface area contributed by atoms with E-state index in [1.165, 1.54) is 0 Å². The molecule has 9 nitrogen and oxygen atoms in total. The van der Waals surface area contributed by atoms with Gasteiger partial charge in [-0.05, 0) is 82.4 Å². The van der Waals surface area contributed by atoms with Crippen molar-refractivity contribution < 1.29 is 9.53 Å². The van der Waals surface area contributed by atoms with Gasteiger partial charge in [0.2, 0.25) is 17.7 Å². The number of pyridine rings is 1. The molecule has 214 valence electrons. The van der Waals surface area contributed by atoms with Gasteiger partial charge in [0.15, 0.2) is 0 Å². The molecule has 0 bridgehead atoms. The Morgan fingerprint density at radius 3 is 2.40 bits per heavy atom. The second kappa shape index (κ2) is 14.1. The molecule has 2 N–H and O–H groups in total. The van der Waals surface area contributed by atoms with Gasteiger partial charge in [-0.2, -0.15) is 0 Å². The summed E-state index contributed by atoms with van der Waals surface area (Å²) in [4.78, 5) is 31.5. The van der Waals surface area contributed by atoms with E-state index in [-0.39, 0.29) is 5.91 Å². The van der Waals surface area contributed by atoms with E-state index in [1.807, 2.05) is 31.2 Å². The number of allylic oxidation sites excluding steroid dienone is 1. The molecule has 4 rings (SSSR count). The minimum Gasteiger partial charge on any atom is -0.442 e. The first-order valence-corrected chi connectivity index (χ1v) is 14.2. The van der Waals surface area contributed by atoms with E-state index in [2.05, 4.69) is 38.4 Å². The number of likely N-dealkylation sites (N-methyl/N-ethyl adjacent to an activating group) is 1. The van der Waals surface area contributed by atoms with E-state index in [0.29, 0.717) is 45.7 Å². The summed E-state index contributed by atoms with van der Waals surface area (Å²) in [5.41, 5.74) is 7.96. The second-order valence-corrected chi connectivity index (χ2v) is 11.3. The number of likely N-dealkylation sites (tertiary alicyclic amines) is 1. The fourth-order valence-electron chi connectivity index (χ4n) is 5.01. The number of halogens is 2. The van der Waals surface area contributed by atoms with Crippen molar-refractivity contribution in [3.05, 3.63) is 57.9 Å². The maximum Gasteiger partial charge on any atom is 0.224 e. The van der Waals surface area contributed by atoms with Crippen LogP contribution < -0.4 is 10.5 Å². The van der Waals surface area contributed by atoms with Gasteiger partial charge >= 0.3 is 0 Å². The second-order valence-electron chi connectivity index (χ2n) is 10.5. The topological polar surface area (TPSA) is 99.6 Å². The Morgan fingerprint density at radius 2 is 1.77 bits per heavy atom. The fraction of sp³-hybridized carbons (Fsp3) is 0.448. The van der Waals surface area contributed by atoms with Gasteiger partial charge in [-0.1, -0.05) is 23.2 Å².